The van der Waals surface area contributed by atoms with E-state index in [-0.39, 0.29) is 0 Å². The molecule has 0 bridgehead atoms. The summed E-state index contributed by atoms with van der Waals surface area (Å²) in [7, 11) is 0. The van der Waals surface area contributed by atoms with Crippen LogP contribution in [-0.4, -0.2) is 9.97 Å². The Balaban J connectivity index is 2.05. The van der Waals surface area contributed by atoms with Crippen LogP contribution in [0.25, 0.3) is 33.1 Å². The molecule has 100 valence electrons. The first-order valence-electron chi connectivity index (χ1n) is 6.73. The number of benzene rings is 2. The van der Waals surface area contributed by atoms with E-state index in [1.807, 2.05) is 36.4 Å². The number of halogens is 1. The molecule has 0 unspecified atom stereocenters. The van der Waals surface area contributed by atoms with Crippen LogP contribution in [0.15, 0.2) is 66.7 Å². The largest absolute Gasteiger partial charge is 0.245 e. The maximum Gasteiger partial charge on any atom is 0.129 e. The molecule has 0 radical (unpaired) electrons. The zero-order chi connectivity index (χ0) is 14.2. The number of nitrogens with zero attached hydrogens (tertiary/aromatic N) is 2. The van der Waals surface area contributed by atoms with Crippen LogP contribution in [-0.2, 0) is 0 Å². The normalized spacial score (nSPS) is 11.1. The van der Waals surface area contributed by atoms with Crippen molar-refractivity contribution in [2.24, 2.45) is 0 Å². The van der Waals surface area contributed by atoms with Gasteiger partial charge >= 0.3 is 0 Å². The van der Waals surface area contributed by atoms with Crippen molar-refractivity contribution in [1.82, 2.24) is 9.97 Å². The van der Waals surface area contributed by atoms with Gasteiger partial charge in [0, 0.05) is 16.3 Å². The molecule has 0 aliphatic carbocycles. The van der Waals surface area contributed by atoms with Gasteiger partial charge in [-0.1, -0.05) is 60.1 Å². The van der Waals surface area contributed by atoms with Crippen LogP contribution in [0.1, 0.15) is 0 Å². The molecular weight excluding hydrogens is 280 g/mol. The van der Waals surface area contributed by atoms with Crippen LogP contribution in [0.4, 0.5) is 0 Å². The number of pyridine rings is 2. The van der Waals surface area contributed by atoms with Gasteiger partial charge < -0.3 is 0 Å². The van der Waals surface area contributed by atoms with Crippen molar-refractivity contribution in [3.63, 3.8) is 0 Å². The van der Waals surface area contributed by atoms with Gasteiger partial charge in [0.05, 0.1) is 16.7 Å². The highest BCUT2D eigenvalue weighted by Crippen LogP contribution is 2.26. The number of fused-ring (bicyclic) bond motifs is 3. The molecule has 0 aliphatic rings. The lowest BCUT2D eigenvalue weighted by atomic mass is 10.1. The standard InChI is InChI=1S/C18H11ClN2/c19-16-11-9-14-7-6-13-8-10-15(12-4-2-1-3-5-12)20-17(13)18(14)21-16/h1-11H. The van der Waals surface area contributed by atoms with Crippen LogP contribution in [0.3, 0.4) is 0 Å². The third kappa shape index (κ3) is 2.14. The van der Waals surface area contributed by atoms with E-state index >= 15 is 0 Å². The Morgan fingerprint density at radius 2 is 1.24 bits per heavy atom. The summed E-state index contributed by atoms with van der Waals surface area (Å²) in [4.78, 5) is 9.24. The third-order valence-corrected chi connectivity index (χ3v) is 3.77. The highest BCUT2D eigenvalue weighted by atomic mass is 35.5. The van der Waals surface area contributed by atoms with E-state index in [1.165, 1.54) is 0 Å². The average Bonchev–Trinajstić information content (AvgIpc) is 2.55. The summed E-state index contributed by atoms with van der Waals surface area (Å²) in [6.07, 6.45) is 0. The molecule has 4 aromatic rings. The fourth-order valence-corrected chi connectivity index (χ4v) is 2.66. The Morgan fingerprint density at radius 3 is 2.00 bits per heavy atom. The van der Waals surface area contributed by atoms with Gasteiger partial charge in [0.2, 0.25) is 0 Å². The first-order chi connectivity index (χ1) is 10.3. The monoisotopic (exact) mass is 290 g/mol. The number of hydrogen-bond acceptors (Lipinski definition) is 2. The first-order valence-corrected chi connectivity index (χ1v) is 7.10. The lowest BCUT2D eigenvalue weighted by Gasteiger charge is -2.06. The minimum atomic E-state index is 0.488. The molecule has 2 nitrogen and oxygen atoms in total. The van der Waals surface area contributed by atoms with E-state index < -0.39 is 0 Å². The average molecular weight is 291 g/mol. The summed E-state index contributed by atoms with van der Waals surface area (Å²) >= 11 is 6.04. The van der Waals surface area contributed by atoms with Crippen LogP contribution >= 0.6 is 11.6 Å². The van der Waals surface area contributed by atoms with Crippen LogP contribution in [0.5, 0.6) is 0 Å². The SMILES string of the molecule is Clc1ccc2ccc3ccc(-c4ccccc4)nc3c2n1. The van der Waals surface area contributed by atoms with E-state index in [0.29, 0.717) is 5.15 Å². The molecular formula is C18H11ClN2. The lowest BCUT2D eigenvalue weighted by Crippen LogP contribution is -1.89. The molecule has 0 aliphatic heterocycles. The van der Waals surface area contributed by atoms with Gasteiger partial charge in [0.15, 0.2) is 0 Å². The Kier molecular flexibility index (Phi) is 2.83. The first kappa shape index (κ1) is 12.3. The molecule has 0 atom stereocenters. The van der Waals surface area contributed by atoms with Gasteiger partial charge in [-0.3, -0.25) is 0 Å². The van der Waals surface area contributed by atoms with Gasteiger partial charge in [-0.25, -0.2) is 9.97 Å². The summed E-state index contributed by atoms with van der Waals surface area (Å²) in [5.41, 5.74) is 3.77. The molecule has 0 amide bonds. The van der Waals surface area contributed by atoms with Gasteiger partial charge in [0.1, 0.15) is 5.15 Å². The van der Waals surface area contributed by atoms with E-state index in [2.05, 4.69) is 29.2 Å². The molecule has 0 saturated heterocycles. The number of aromatic nitrogens is 2. The van der Waals surface area contributed by atoms with E-state index in [0.717, 1.165) is 33.1 Å². The molecule has 2 aromatic heterocycles. The van der Waals surface area contributed by atoms with Crippen molar-refractivity contribution in [3.05, 3.63) is 71.9 Å². The molecule has 0 spiro atoms. The van der Waals surface area contributed by atoms with Gasteiger partial charge in [-0.05, 0) is 18.2 Å². The van der Waals surface area contributed by atoms with Crippen LogP contribution in [0, 0.1) is 0 Å². The highest BCUT2D eigenvalue weighted by Gasteiger charge is 2.06. The van der Waals surface area contributed by atoms with Gasteiger partial charge in [-0.2, -0.15) is 0 Å². The molecule has 3 heteroatoms. The minimum Gasteiger partial charge on any atom is -0.245 e. The van der Waals surface area contributed by atoms with Crippen LogP contribution in [0.2, 0.25) is 5.15 Å². The highest BCUT2D eigenvalue weighted by molar-refractivity contribution is 6.30. The maximum absolute atomic E-state index is 6.04. The van der Waals surface area contributed by atoms with Crippen molar-refractivity contribution < 1.29 is 0 Å². The summed E-state index contributed by atoms with van der Waals surface area (Å²) in [6.45, 7) is 0. The second kappa shape index (κ2) is 4.83. The van der Waals surface area contributed by atoms with Crippen molar-refractivity contribution in [2.75, 3.05) is 0 Å². The maximum atomic E-state index is 6.04. The second-order valence-corrected chi connectivity index (χ2v) is 5.29. The minimum absolute atomic E-state index is 0.488. The number of rotatable bonds is 1. The number of hydrogen-bond donors (Lipinski definition) is 0. The zero-order valence-corrected chi connectivity index (χ0v) is 11.9. The van der Waals surface area contributed by atoms with Crippen molar-refractivity contribution >= 4 is 33.4 Å². The predicted molar refractivity (Wildman–Crippen MR) is 87.5 cm³/mol. The molecule has 4 rings (SSSR count). The summed E-state index contributed by atoms with van der Waals surface area (Å²) < 4.78 is 0. The van der Waals surface area contributed by atoms with E-state index in [9.17, 15) is 0 Å². The molecule has 21 heavy (non-hydrogen) atoms. The van der Waals surface area contributed by atoms with Crippen molar-refractivity contribution in [3.8, 4) is 11.3 Å². The predicted octanol–water partition coefficient (Wildman–Crippen LogP) is 5.10. The van der Waals surface area contributed by atoms with Gasteiger partial charge in [0.25, 0.3) is 0 Å². The fourth-order valence-electron chi connectivity index (χ4n) is 2.51. The zero-order valence-electron chi connectivity index (χ0n) is 11.1. The van der Waals surface area contributed by atoms with Crippen molar-refractivity contribution in [1.29, 1.82) is 0 Å². The molecule has 0 saturated carbocycles. The summed E-state index contributed by atoms with van der Waals surface area (Å²) in [5.74, 6) is 0. The molecule has 0 fully saturated rings. The Hall–Kier alpha value is -2.45. The van der Waals surface area contributed by atoms with Gasteiger partial charge in [-0.15, -0.1) is 0 Å². The lowest BCUT2D eigenvalue weighted by molar-refractivity contribution is 1.37. The molecule has 0 N–H and O–H groups in total. The summed E-state index contributed by atoms with van der Waals surface area (Å²) in [5, 5.41) is 2.60. The fraction of sp³-hybridized carbons (Fsp3) is 0. The smallest absolute Gasteiger partial charge is 0.129 e. The van der Waals surface area contributed by atoms with E-state index in [1.54, 1.807) is 6.07 Å². The topological polar surface area (TPSA) is 25.8 Å². The quantitative estimate of drug-likeness (QED) is 0.360. The molecule has 2 aromatic carbocycles. The molecule has 2 heterocycles. The Morgan fingerprint density at radius 1 is 0.619 bits per heavy atom. The Bertz CT molecular complexity index is 949. The Labute approximate surface area is 127 Å². The second-order valence-electron chi connectivity index (χ2n) is 4.91. The van der Waals surface area contributed by atoms with Crippen LogP contribution < -0.4 is 0 Å². The third-order valence-electron chi connectivity index (χ3n) is 3.56. The summed E-state index contributed by atoms with van der Waals surface area (Å²) in [6, 6.07) is 22.1. The van der Waals surface area contributed by atoms with Crippen molar-refractivity contribution in [2.45, 2.75) is 0 Å². The van der Waals surface area contributed by atoms with E-state index in [4.69, 9.17) is 16.6 Å².